The summed E-state index contributed by atoms with van der Waals surface area (Å²) < 4.78 is 30.8. The smallest absolute Gasteiger partial charge is 0.255 e. The minimum absolute atomic E-state index is 0.153. The van der Waals surface area contributed by atoms with Gasteiger partial charge < -0.3 is 4.74 Å². The molecule has 1 fully saturated rings. The molecule has 0 aromatic heterocycles. The highest BCUT2D eigenvalue weighted by atomic mass is 35.5. The summed E-state index contributed by atoms with van der Waals surface area (Å²) in [7, 11) is 0. The molecule has 0 spiro atoms. The first-order valence-corrected chi connectivity index (χ1v) is 4.22. The van der Waals surface area contributed by atoms with Gasteiger partial charge in [0.1, 0.15) is 0 Å². The Bertz CT molecular complexity index is 128. The quantitative estimate of drug-likeness (QED) is 0.599. The summed E-state index contributed by atoms with van der Waals surface area (Å²) in [5.74, 6) is -2.95. The van der Waals surface area contributed by atoms with Crippen molar-refractivity contribution in [2.75, 3.05) is 19.1 Å². The summed E-state index contributed by atoms with van der Waals surface area (Å²) in [6.45, 7) is 0.325. The Labute approximate surface area is 69.7 Å². The zero-order chi connectivity index (χ0) is 8.32. The number of halogens is 3. The predicted octanol–water partition coefficient (Wildman–Crippen LogP) is 2.29. The molecule has 0 aliphatic carbocycles. The van der Waals surface area contributed by atoms with Crippen LogP contribution in [0, 0.1) is 5.92 Å². The SMILES string of the molecule is FC1(F)CCOCC1CCCl. The average molecular weight is 185 g/mol. The van der Waals surface area contributed by atoms with Gasteiger partial charge in [-0.05, 0) is 6.42 Å². The van der Waals surface area contributed by atoms with Crippen molar-refractivity contribution in [3.63, 3.8) is 0 Å². The predicted molar refractivity (Wildman–Crippen MR) is 39.2 cm³/mol. The van der Waals surface area contributed by atoms with E-state index in [1.807, 2.05) is 0 Å². The van der Waals surface area contributed by atoms with Crippen molar-refractivity contribution in [3.05, 3.63) is 0 Å². The molecule has 11 heavy (non-hydrogen) atoms. The lowest BCUT2D eigenvalue weighted by atomic mass is 9.95. The van der Waals surface area contributed by atoms with Gasteiger partial charge in [-0.15, -0.1) is 11.6 Å². The maximum Gasteiger partial charge on any atom is 0.255 e. The van der Waals surface area contributed by atoms with E-state index in [1.54, 1.807) is 0 Å². The molecule has 1 unspecified atom stereocenters. The minimum atomic E-state index is -2.56. The first-order valence-electron chi connectivity index (χ1n) is 3.68. The van der Waals surface area contributed by atoms with Crippen LogP contribution in [-0.4, -0.2) is 25.0 Å². The van der Waals surface area contributed by atoms with Gasteiger partial charge in [0.25, 0.3) is 5.92 Å². The Morgan fingerprint density at radius 2 is 2.27 bits per heavy atom. The van der Waals surface area contributed by atoms with Crippen LogP contribution in [0.25, 0.3) is 0 Å². The molecule has 0 bridgehead atoms. The highest BCUT2D eigenvalue weighted by Crippen LogP contribution is 2.34. The molecular formula is C7H11ClF2O. The van der Waals surface area contributed by atoms with Crippen LogP contribution < -0.4 is 0 Å². The molecule has 0 saturated carbocycles. The molecule has 1 rings (SSSR count). The summed E-state index contributed by atoms with van der Waals surface area (Å²) in [6.07, 6.45) is 0.184. The Balaban J connectivity index is 2.45. The molecule has 0 aromatic carbocycles. The Morgan fingerprint density at radius 3 is 2.82 bits per heavy atom. The monoisotopic (exact) mass is 184 g/mol. The van der Waals surface area contributed by atoms with Crippen LogP contribution in [0.15, 0.2) is 0 Å². The summed E-state index contributed by atoms with van der Waals surface area (Å²) in [5.41, 5.74) is 0. The molecule has 0 N–H and O–H groups in total. The molecule has 0 aromatic rings. The first kappa shape index (κ1) is 9.20. The van der Waals surface area contributed by atoms with Gasteiger partial charge in [0.15, 0.2) is 0 Å². The van der Waals surface area contributed by atoms with Crippen molar-refractivity contribution >= 4 is 11.6 Å². The molecule has 66 valence electrons. The third-order valence-corrected chi connectivity index (χ3v) is 2.17. The third kappa shape index (κ3) is 2.27. The van der Waals surface area contributed by atoms with Gasteiger partial charge in [0, 0.05) is 18.2 Å². The fourth-order valence-corrected chi connectivity index (χ4v) is 1.45. The highest BCUT2D eigenvalue weighted by molar-refractivity contribution is 6.17. The van der Waals surface area contributed by atoms with Gasteiger partial charge in [-0.25, -0.2) is 8.78 Å². The maximum absolute atomic E-state index is 12.9. The summed E-state index contributed by atoms with van der Waals surface area (Å²) in [5, 5.41) is 0. The van der Waals surface area contributed by atoms with Crippen molar-refractivity contribution in [1.29, 1.82) is 0 Å². The minimum Gasteiger partial charge on any atom is -0.381 e. The zero-order valence-corrected chi connectivity index (χ0v) is 6.91. The van der Waals surface area contributed by atoms with Crippen molar-refractivity contribution in [2.24, 2.45) is 5.92 Å². The molecule has 0 radical (unpaired) electrons. The molecular weight excluding hydrogens is 174 g/mol. The molecule has 1 aliphatic rings. The molecule has 1 atom stereocenters. The number of ether oxygens (including phenoxy) is 1. The normalized spacial score (nSPS) is 30.3. The standard InChI is InChI=1S/C7H11ClF2O/c8-3-1-6-5-11-4-2-7(6,9)10/h6H,1-5H2. The molecule has 0 amide bonds. The van der Waals surface area contributed by atoms with E-state index in [0.29, 0.717) is 6.42 Å². The lowest BCUT2D eigenvalue weighted by Gasteiger charge is -2.30. The van der Waals surface area contributed by atoms with Crippen LogP contribution in [0.4, 0.5) is 8.78 Å². The van der Waals surface area contributed by atoms with E-state index in [-0.39, 0.29) is 25.5 Å². The van der Waals surface area contributed by atoms with E-state index < -0.39 is 11.8 Å². The lowest BCUT2D eigenvalue weighted by Crippen LogP contribution is -2.38. The summed E-state index contributed by atoms with van der Waals surface area (Å²) in [6, 6.07) is 0. The second-order valence-electron chi connectivity index (χ2n) is 2.76. The molecule has 1 nitrogen and oxygen atoms in total. The van der Waals surface area contributed by atoms with Gasteiger partial charge in [-0.2, -0.15) is 0 Å². The Kier molecular flexibility index (Phi) is 3.07. The number of alkyl halides is 3. The van der Waals surface area contributed by atoms with Crippen molar-refractivity contribution in [2.45, 2.75) is 18.8 Å². The lowest BCUT2D eigenvalue weighted by molar-refractivity contribution is -0.141. The largest absolute Gasteiger partial charge is 0.381 e. The van der Waals surface area contributed by atoms with E-state index in [0.717, 1.165) is 0 Å². The van der Waals surface area contributed by atoms with E-state index in [4.69, 9.17) is 16.3 Å². The van der Waals surface area contributed by atoms with Crippen LogP contribution >= 0.6 is 11.6 Å². The fourth-order valence-electron chi connectivity index (χ4n) is 1.19. The number of hydrogen-bond acceptors (Lipinski definition) is 1. The van der Waals surface area contributed by atoms with Crippen LogP contribution in [0.1, 0.15) is 12.8 Å². The van der Waals surface area contributed by atoms with E-state index in [1.165, 1.54) is 0 Å². The average Bonchev–Trinajstić information content (AvgIpc) is 1.94. The Morgan fingerprint density at radius 1 is 1.55 bits per heavy atom. The van der Waals surface area contributed by atoms with Gasteiger partial charge in [0.2, 0.25) is 0 Å². The fraction of sp³-hybridized carbons (Fsp3) is 1.00. The first-order chi connectivity index (χ1) is 5.17. The second-order valence-corrected chi connectivity index (χ2v) is 3.14. The van der Waals surface area contributed by atoms with Crippen LogP contribution in [-0.2, 0) is 4.74 Å². The van der Waals surface area contributed by atoms with Crippen LogP contribution in [0.2, 0.25) is 0 Å². The summed E-state index contributed by atoms with van der Waals surface area (Å²) in [4.78, 5) is 0. The molecule has 1 aliphatic heterocycles. The van der Waals surface area contributed by atoms with E-state index >= 15 is 0 Å². The third-order valence-electron chi connectivity index (χ3n) is 1.95. The molecule has 1 saturated heterocycles. The Hall–Kier alpha value is 0.110. The van der Waals surface area contributed by atoms with Crippen molar-refractivity contribution < 1.29 is 13.5 Å². The van der Waals surface area contributed by atoms with E-state index in [9.17, 15) is 8.78 Å². The van der Waals surface area contributed by atoms with Crippen molar-refractivity contribution in [1.82, 2.24) is 0 Å². The molecule has 1 heterocycles. The van der Waals surface area contributed by atoms with Crippen LogP contribution in [0.5, 0.6) is 0 Å². The van der Waals surface area contributed by atoms with Gasteiger partial charge in [-0.3, -0.25) is 0 Å². The van der Waals surface area contributed by atoms with Crippen molar-refractivity contribution in [3.8, 4) is 0 Å². The zero-order valence-electron chi connectivity index (χ0n) is 6.16. The van der Waals surface area contributed by atoms with E-state index in [2.05, 4.69) is 0 Å². The number of rotatable bonds is 2. The molecule has 4 heteroatoms. The topological polar surface area (TPSA) is 9.23 Å². The van der Waals surface area contributed by atoms with Gasteiger partial charge in [-0.1, -0.05) is 0 Å². The highest BCUT2D eigenvalue weighted by Gasteiger charge is 2.41. The maximum atomic E-state index is 12.9. The van der Waals surface area contributed by atoms with Gasteiger partial charge in [0.05, 0.1) is 13.2 Å². The summed E-state index contributed by atoms with van der Waals surface area (Å²) >= 11 is 5.37. The second kappa shape index (κ2) is 3.68. The number of hydrogen-bond donors (Lipinski definition) is 0. The van der Waals surface area contributed by atoms with Crippen LogP contribution in [0.3, 0.4) is 0 Å². The van der Waals surface area contributed by atoms with Gasteiger partial charge >= 0.3 is 0 Å².